The minimum Gasteiger partial charge on any atom is -0.494 e. The molecule has 142 valence electrons. The van der Waals surface area contributed by atoms with Gasteiger partial charge in [0.15, 0.2) is 0 Å². The Labute approximate surface area is 164 Å². The Hall–Kier alpha value is -0.500. The number of ether oxygens (including phenoxy) is 1. The van der Waals surface area contributed by atoms with Crippen LogP contribution in [0.2, 0.25) is 0 Å². The van der Waals surface area contributed by atoms with Crippen LogP contribution in [0.25, 0.3) is 0 Å². The second kappa shape index (κ2) is 13.7. The molecule has 1 aliphatic heterocycles. The van der Waals surface area contributed by atoms with Gasteiger partial charge in [0.05, 0.1) is 6.61 Å². The number of hydrogen-bond donors (Lipinski definition) is 0. The van der Waals surface area contributed by atoms with Crippen molar-refractivity contribution in [2.75, 3.05) is 52.1 Å². The second-order valence-corrected chi connectivity index (χ2v) is 9.66. The van der Waals surface area contributed by atoms with Gasteiger partial charge in [0, 0.05) is 37.4 Å². The first-order valence-electron chi connectivity index (χ1n) is 8.43. The molecule has 0 atom stereocenters. The maximum Gasteiger partial charge on any atom is 0.281 e. The van der Waals surface area contributed by atoms with E-state index in [0.717, 1.165) is 30.4 Å². The molecule has 0 bridgehead atoms. The van der Waals surface area contributed by atoms with E-state index in [1.807, 2.05) is 51.9 Å². The summed E-state index contributed by atoms with van der Waals surface area (Å²) >= 11 is 1.36. The first-order chi connectivity index (χ1) is 12.0. The highest BCUT2D eigenvalue weighted by atomic mass is 33.1. The van der Waals surface area contributed by atoms with Crippen molar-refractivity contribution in [1.29, 1.82) is 0 Å². The molecule has 25 heavy (non-hydrogen) atoms. The van der Waals surface area contributed by atoms with Crippen molar-refractivity contribution < 1.29 is 9.53 Å². The van der Waals surface area contributed by atoms with Crippen LogP contribution in [0.15, 0.2) is 30.3 Å². The van der Waals surface area contributed by atoms with E-state index in [1.165, 1.54) is 23.3 Å². The topological polar surface area (TPSA) is 32.8 Å². The van der Waals surface area contributed by atoms with Gasteiger partial charge in [0.25, 0.3) is 5.24 Å². The molecule has 1 aromatic carbocycles. The number of thioether (sulfide) groups is 1. The van der Waals surface area contributed by atoms with Crippen LogP contribution in [0.3, 0.4) is 0 Å². The average molecular weight is 403 g/mol. The van der Waals surface area contributed by atoms with Crippen LogP contribution in [0.1, 0.15) is 12.8 Å². The minimum absolute atomic E-state index is 0.119. The normalized spacial score (nSPS) is 14.1. The molecule has 0 spiro atoms. The molecule has 0 unspecified atom stereocenters. The van der Waals surface area contributed by atoms with E-state index < -0.39 is 0 Å². The van der Waals surface area contributed by atoms with Crippen LogP contribution in [-0.4, -0.2) is 73.1 Å². The smallest absolute Gasteiger partial charge is 0.281 e. The summed E-state index contributed by atoms with van der Waals surface area (Å²) < 4.78 is 5.56. The molecule has 1 amide bonds. The summed E-state index contributed by atoms with van der Waals surface area (Å²) in [6.45, 7) is 0.709. The Morgan fingerprint density at radius 2 is 1.76 bits per heavy atom. The van der Waals surface area contributed by atoms with Gasteiger partial charge in [-0.05, 0) is 39.1 Å². The maximum atomic E-state index is 11.3. The lowest BCUT2D eigenvalue weighted by Crippen LogP contribution is -2.29. The van der Waals surface area contributed by atoms with Gasteiger partial charge in [-0.2, -0.15) is 0 Å². The van der Waals surface area contributed by atoms with Crippen molar-refractivity contribution in [1.82, 2.24) is 9.80 Å². The first-order valence-corrected chi connectivity index (χ1v) is 11.9. The van der Waals surface area contributed by atoms with E-state index in [2.05, 4.69) is 19.0 Å². The van der Waals surface area contributed by atoms with Crippen molar-refractivity contribution in [2.24, 2.45) is 0 Å². The SMILES string of the molecule is CN(C)C(=O)SCCCCOc1ccccc1.CN(C)C1CSSC1. The van der Waals surface area contributed by atoms with E-state index in [1.54, 1.807) is 19.0 Å². The zero-order chi connectivity index (χ0) is 18.5. The van der Waals surface area contributed by atoms with Gasteiger partial charge in [-0.25, -0.2) is 0 Å². The molecule has 7 heteroatoms. The van der Waals surface area contributed by atoms with E-state index in [-0.39, 0.29) is 5.24 Å². The number of carbonyl (C=O) groups excluding carboxylic acids is 1. The van der Waals surface area contributed by atoms with Crippen molar-refractivity contribution in [3.63, 3.8) is 0 Å². The number of hydrogen-bond acceptors (Lipinski definition) is 6. The molecule has 0 aliphatic carbocycles. The zero-order valence-electron chi connectivity index (χ0n) is 15.6. The van der Waals surface area contributed by atoms with E-state index in [4.69, 9.17) is 4.74 Å². The molecule has 1 saturated heterocycles. The highest BCUT2D eigenvalue weighted by molar-refractivity contribution is 8.77. The summed E-state index contributed by atoms with van der Waals surface area (Å²) in [6.07, 6.45) is 1.97. The van der Waals surface area contributed by atoms with Gasteiger partial charge in [-0.15, -0.1) is 0 Å². The predicted molar refractivity (Wildman–Crippen MR) is 115 cm³/mol. The summed E-state index contributed by atoms with van der Waals surface area (Å²) in [6, 6.07) is 10.6. The maximum absolute atomic E-state index is 11.3. The summed E-state index contributed by atoms with van der Waals surface area (Å²) in [5.74, 6) is 4.37. The number of nitrogens with zero attached hydrogens (tertiary/aromatic N) is 2. The third-order valence-corrected chi connectivity index (χ3v) is 7.11. The zero-order valence-corrected chi connectivity index (χ0v) is 18.1. The van der Waals surface area contributed by atoms with Crippen LogP contribution >= 0.6 is 33.3 Å². The first kappa shape index (κ1) is 22.5. The molecular weight excluding hydrogens is 372 g/mol. The Bertz CT molecular complexity index is 467. The molecule has 1 aromatic rings. The largest absolute Gasteiger partial charge is 0.494 e. The van der Waals surface area contributed by atoms with Crippen molar-refractivity contribution in [3.05, 3.63) is 30.3 Å². The van der Waals surface area contributed by atoms with Gasteiger partial charge in [0.2, 0.25) is 0 Å². The number of rotatable bonds is 7. The number of para-hydroxylation sites is 1. The van der Waals surface area contributed by atoms with E-state index in [9.17, 15) is 4.79 Å². The molecule has 0 saturated carbocycles. The van der Waals surface area contributed by atoms with Crippen LogP contribution in [0.4, 0.5) is 4.79 Å². The molecule has 0 aromatic heterocycles. The lowest BCUT2D eigenvalue weighted by molar-refractivity contribution is 0.241. The summed E-state index contributed by atoms with van der Waals surface area (Å²) in [4.78, 5) is 15.2. The Morgan fingerprint density at radius 3 is 2.28 bits per heavy atom. The standard InChI is InChI=1S/C13H19NO2S.C5H11NS2/c1-14(2)13(15)17-11-7-6-10-16-12-8-4-3-5-9-12;1-6(2)5-3-7-8-4-5/h3-5,8-9H,6-7,10-11H2,1-2H3;5H,3-4H2,1-2H3. The van der Waals surface area contributed by atoms with Gasteiger partial charge < -0.3 is 14.5 Å². The van der Waals surface area contributed by atoms with Crippen molar-refractivity contribution in [2.45, 2.75) is 18.9 Å². The summed E-state index contributed by atoms with van der Waals surface area (Å²) in [5, 5.41) is 0.119. The Kier molecular flexibility index (Phi) is 12.3. The van der Waals surface area contributed by atoms with Crippen LogP contribution < -0.4 is 4.74 Å². The Balaban J connectivity index is 0.000000324. The highest BCUT2D eigenvalue weighted by Crippen LogP contribution is 2.32. The molecule has 0 N–H and O–H groups in total. The third-order valence-electron chi connectivity index (χ3n) is 3.48. The Morgan fingerprint density at radius 1 is 1.12 bits per heavy atom. The molecule has 0 radical (unpaired) electrons. The summed E-state index contributed by atoms with van der Waals surface area (Å²) in [7, 11) is 11.8. The lowest BCUT2D eigenvalue weighted by atomic mass is 10.3. The average Bonchev–Trinajstić information content (AvgIpc) is 3.14. The van der Waals surface area contributed by atoms with Gasteiger partial charge in [0.1, 0.15) is 5.75 Å². The van der Waals surface area contributed by atoms with Crippen LogP contribution in [0, 0.1) is 0 Å². The lowest BCUT2D eigenvalue weighted by Gasteiger charge is -2.15. The molecule has 1 heterocycles. The fourth-order valence-electron chi connectivity index (χ4n) is 1.80. The number of benzene rings is 1. The fraction of sp³-hybridized carbons (Fsp3) is 0.611. The molecule has 2 rings (SSSR count). The van der Waals surface area contributed by atoms with Gasteiger partial charge in [-0.1, -0.05) is 51.5 Å². The van der Waals surface area contributed by atoms with Gasteiger partial charge >= 0.3 is 0 Å². The number of carbonyl (C=O) groups is 1. The van der Waals surface area contributed by atoms with Crippen LogP contribution in [0.5, 0.6) is 5.75 Å². The molecule has 1 aliphatic rings. The van der Waals surface area contributed by atoms with E-state index in [0.29, 0.717) is 6.61 Å². The number of unbranched alkanes of at least 4 members (excludes halogenated alkanes) is 1. The van der Waals surface area contributed by atoms with E-state index >= 15 is 0 Å². The molecule has 1 fully saturated rings. The minimum atomic E-state index is 0.119. The third kappa shape index (κ3) is 10.9. The fourth-order valence-corrected chi connectivity index (χ4v) is 5.59. The molecule has 4 nitrogen and oxygen atoms in total. The van der Waals surface area contributed by atoms with Crippen LogP contribution in [-0.2, 0) is 0 Å². The second-order valence-electron chi connectivity index (χ2n) is 6.06. The van der Waals surface area contributed by atoms with Gasteiger partial charge in [-0.3, -0.25) is 4.79 Å². The highest BCUT2D eigenvalue weighted by Gasteiger charge is 2.17. The number of amides is 1. The quantitative estimate of drug-likeness (QED) is 0.491. The molecular formula is C18H30N2O2S3. The van der Waals surface area contributed by atoms with Crippen molar-refractivity contribution >= 4 is 38.6 Å². The van der Waals surface area contributed by atoms with Crippen molar-refractivity contribution in [3.8, 4) is 5.75 Å². The predicted octanol–water partition coefficient (Wildman–Crippen LogP) is 4.57. The summed E-state index contributed by atoms with van der Waals surface area (Å²) in [5.41, 5.74) is 0. The monoisotopic (exact) mass is 402 g/mol.